The van der Waals surface area contributed by atoms with Gasteiger partial charge in [0.1, 0.15) is 11.8 Å². The Kier molecular flexibility index (Phi) is 10.2. The Bertz CT molecular complexity index is 1150. The van der Waals surface area contributed by atoms with Gasteiger partial charge in [0.2, 0.25) is 21.8 Å². The second-order valence-corrected chi connectivity index (χ2v) is 12.0. The maximum Gasteiger partial charge on any atom is 0.242 e. The quantitative estimate of drug-likeness (QED) is 0.463. The van der Waals surface area contributed by atoms with E-state index < -0.39 is 21.6 Å². The summed E-state index contributed by atoms with van der Waals surface area (Å²) in [6.45, 7) is 7.62. The van der Waals surface area contributed by atoms with Gasteiger partial charge in [-0.2, -0.15) is 0 Å². The topological polar surface area (TPSA) is 96.0 Å². The molecule has 0 saturated heterocycles. The zero-order valence-corrected chi connectivity index (χ0v) is 23.3. The SMILES string of the molecule is COc1ccc(N(CCCC(=O)N(Cc2cccc(Cl)c2)C(C)C(=O)NC(C)(C)C)S(C)(=O)=O)cc1. The van der Waals surface area contributed by atoms with Crippen LogP contribution >= 0.6 is 11.6 Å². The van der Waals surface area contributed by atoms with Crippen molar-refractivity contribution in [2.75, 3.05) is 24.2 Å². The molecule has 0 fully saturated rings. The molecule has 2 amide bonds. The minimum Gasteiger partial charge on any atom is -0.497 e. The lowest BCUT2D eigenvalue weighted by molar-refractivity contribution is -0.141. The molecule has 1 atom stereocenters. The Balaban J connectivity index is 2.18. The molecule has 2 aromatic carbocycles. The zero-order valence-electron chi connectivity index (χ0n) is 21.7. The number of carbonyl (C=O) groups is 2. The standard InChI is InChI=1S/C26H36ClN3O5S/c1-19(25(32)28-26(2,3)4)29(18-20-9-7-10-21(27)17-20)24(31)11-8-16-30(36(6,33)34)22-12-14-23(35-5)15-13-22/h7,9-10,12-15,17,19H,8,11,16,18H2,1-6H3,(H,28,32). The molecule has 0 aromatic heterocycles. The summed E-state index contributed by atoms with van der Waals surface area (Å²) in [6.07, 6.45) is 1.47. The third kappa shape index (κ3) is 9.02. The molecule has 1 unspecified atom stereocenters. The van der Waals surface area contributed by atoms with Crippen LogP contribution in [0.4, 0.5) is 5.69 Å². The first-order valence-electron chi connectivity index (χ1n) is 11.7. The molecule has 8 nitrogen and oxygen atoms in total. The van der Waals surface area contributed by atoms with E-state index in [1.807, 2.05) is 26.8 Å². The third-order valence-corrected chi connectivity index (χ3v) is 6.85. The maximum atomic E-state index is 13.3. The van der Waals surface area contributed by atoms with Gasteiger partial charge in [0.15, 0.2) is 0 Å². The number of benzene rings is 2. The number of hydrogen-bond acceptors (Lipinski definition) is 5. The van der Waals surface area contributed by atoms with Gasteiger partial charge in [-0.3, -0.25) is 13.9 Å². The number of ether oxygens (including phenoxy) is 1. The van der Waals surface area contributed by atoms with E-state index in [0.29, 0.717) is 16.5 Å². The average Bonchev–Trinajstić information content (AvgIpc) is 2.78. The van der Waals surface area contributed by atoms with Gasteiger partial charge in [-0.05, 0) is 76.1 Å². The van der Waals surface area contributed by atoms with E-state index in [-0.39, 0.29) is 37.7 Å². The predicted octanol–water partition coefficient (Wildman–Crippen LogP) is 4.23. The Morgan fingerprint density at radius 3 is 2.28 bits per heavy atom. The fourth-order valence-corrected chi connectivity index (χ4v) is 4.82. The van der Waals surface area contributed by atoms with Crippen LogP contribution in [0.5, 0.6) is 5.75 Å². The maximum absolute atomic E-state index is 13.3. The summed E-state index contributed by atoms with van der Waals surface area (Å²) in [6, 6.07) is 13.1. The van der Waals surface area contributed by atoms with Gasteiger partial charge in [0.05, 0.1) is 19.1 Å². The van der Waals surface area contributed by atoms with Crippen molar-refractivity contribution in [3.05, 3.63) is 59.1 Å². The first-order valence-corrected chi connectivity index (χ1v) is 13.9. The average molecular weight is 538 g/mol. The lowest BCUT2D eigenvalue weighted by Crippen LogP contribution is -2.52. The molecule has 2 rings (SSSR count). The largest absolute Gasteiger partial charge is 0.497 e. The molecule has 10 heteroatoms. The summed E-state index contributed by atoms with van der Waals surface area (Å²) in [5.74, 6) is 0.0881. The Morgan fingerprint density at radius 1 is 1.11 bits per heavy atom. The summed E-state index contributed by atoms with van der Waals surface area (Å²) in [4.78, 5) is 27.7. The molecule has 2 aromatic rings. The van der Waals surface area contributed by atoms with Crippen LogP contribution in [-0.2, 0) is 26.2 Å². The molecule has 0 saturated carbocycles. The lowest BCUT2D eigenvalue weighted by atomic mass is 10.1. The third-order valence-electron chi connectivity index (χ3n) is 5.42. The highest BCUT2D eigenvalue weighted by Crippen LogP contribution is 2.22. The fourth-order valence-electron chi connectivity index (χ4n) is 3.64. The van der Waals surface area contributed by atoms with Crippen LogP contribution in [0.25, 0.3) is 0 Å². The highest BCUT2D eigenvalue weighted by Gasteiger charge is 2.28. The van der Waals surface area contributed by atoms with Gasteiger partial charge >= 0.3 is 0 Å². The van der Waals surface area contributed by atoms with E-state index in [1.54, 1.807) is 49.4 Å². The molecule has 0 aliphatic heterocycles. The van der Waals surface area contributed by atoms with Crippen LogP contribution in [0.1, 0.15) is 46.1 Å². The summed E-state index contributed by atoms with van der Waals surface area (Å²) >= 11 is 6.12. The number of nitrogens with one attached hydrogen (secondary N) is 1. The zero-order chi connectivity index (χ0) is 27.1. The number of rotatable bonds is 11. The molecular formula is C26H36ClN3O5S. The van der Waals surface area contributed by atoms with E-state index in [4.69, 9.17) is 16.3 Å². The van der Waals surface area contributed by atoms with Crippen LogP contribution in [0, 0.1) is 0 Å². The summed E-state index contributed by atoms with van der Waals surface area (Å²) in [7, 11) is -2.04. The van der Waals surface area contributed by atoms with Gasteiger partial charge in [0, 0.05) is 30.1 Å². The number of sulfonamides is 1. The number of nitrogens with zero attached hydrogens (tertiary/aromatic N) is 2. The number of amides is 2. The highest BCUT2D eigenvalue weighted by molar-refractivity contribution is 7.92. The molecule has 0 spiro atoms. The minimum absolute atomic E-state index is 0.0654. The van der Waals surface area contributed by atoms with E-state index >= 15 is 0 Å². The van der Waals surface area contributed by atoms with Crippen LogP contribution < -0.4 is 14.4 Å². The fraction of sp³-hybridized carbons (Fsp3) is 0.462. The molecule has 0 aliphatic carbocycles. The van der Waals surface area contributed by atoms with Crippen molar-refractivity contribution in [3.8, 4) is 5.75 Å². The number of methoxy groups -OCH3 is 1. The number of carbonyl (C=O) groups excluding carboxylic acids is 2. The highest BCUT2D eigenvalue weighted by atomic mass is 35.5. The van der Waals surface area contributed by atoms with E-state index in [0.717, 1.165) is 11.8 Å². The van der Waals surface area contributed by atoms with E-state index in [9.17, 15) is 18.0 Å². The van der Waals surface area contributed by atoms with Crippen molar-refractivity contribution in [1.29, 1.82) is 0 Å². The molecule has 0 radical (unpaired) electrons. The molecular weight excluding hydrogens is 502 g/mol. The van der Waals surface area contributed by atoms with Crippen LogP contribution in [0.3, 0.4) is 0 Å². The van der Waals surface area contributed by atoms with Gasteiger partial charge in [-0.25, -0.2) is 8.42 Å². The van der Waals surface area contributed by atoms with Gasteiger partial charge in [-0.15, -0.1) is 0 Å². The minimum atomic E-state index is -3.57. The second-order valence-electron chi connectivity index (χ2n) is 9.70. The molecule has 1 N–H and O–H groups in total. The van der Waals surface area contributed by atoms with Crippen LogP contribution in [-0.4, -0.2) is 56.6 Å². The van der Waals surface area contributed by atoms with Crippen molar-refractivity contribution in [2.45, 2.75) is 58.7 Å². The van der Waals surface area contributed by atoms with E-state index in [1.165, 1.54) is 16.3 Å². The Morgan fingerprint density at radius 2 is 1.75 bits per heavy atom. The summed E-state index contributed by atoms with van der Waals surface area (Å²) in [5, 5.41) is 3.46. The molecule has 198 valence electrons. The lowest BCUT2D eigenvalue weighted by Gasteiger charge is -2.32. The van der Waals surface area contributed by atoms with Crippen LogP contribution in [0.15, 0.2) is 48.5 Å². The molecule has 0 bridgehead atoms. The Labute approximate surface area is 219 Å². The number of hydrogen-bond donors (Lipinski definition) is 1. The number of anilines is 1. The molecule has 0 heterocycles. The predicted molar refractivity (Wildman–Crippen MR) is 144 cm³/mol. The molecule has 0 aliphatic rings. The summed E-state index contributed by atoms with van der Waals surface area (Å²) < 4.78 is 31.3. The van der Waals surface area contributed by atoms with Crippen molar-refractivity contribution in [1.82, 2.24) is 10.2 Å². The molecule has 36 heavy (non-hydrogen) atoms. The van der Waals surface area contributed by atoms with Crippen molar-refractivity contribution >= 4 is 39.1 Å². The van der Waals surface area contributed by atoms with Crippen molar-refractivity contribution < 1.29 is 22.7 Å². The second kappa shape index (κ2) is 12.5. The summed E-state index contributed by atoms with van der Waals surface area (Å²) in [5.41, 5.74) is 0.825. The van der Waals surface area contributed by atoms with Crippen LogP contribution in [0.2, 0.25) is 5.02 Å². The van der Waals surface area contributed by atoms with E-state index in [2.05, 4.69) is 5.32 Å². The normalized spacial score (nSPS) is 12.5. The van der Waals surface area contributed by atoms with Gasteiger partial charge < -0.3 is 15.0 Å². The first-order chi connectivity index (χ1) is 16.7. The Hall–Kier alpha value is -2.78. The van der Waals surface area contributed by atoms with Gasteiger partial charge in [-0.1, -0.05) is 23.7 Å². The number of halogens is 1. The monoisotopic (exact) mass is 537 g/mol. The van der Waals surface area contributed by atoms with Gasteiger partial charge in [0.25, 0.3) is 0 Å². The smallest absolute Gasteiger partial charge is 0.242 e. The van der Waals surface area contributed by atoms with Crippen molar-refractivity contribution in [2.24, 2.45) is 0 Å². The van der Waals surface area contributed by atoms with Crippen molar-refractivity contribution in [3.63, 3.8) is 0 Å². The first kappa shape index (κ1) is 29.5.